The Hall–Kier alpha value is -6.43. The van der Waals surface area contributed by atoms with Gasteiger partial charge in [-0.1, -0.05) is 133 Å². The minimum Gasteiger partial charge on any atom is -0.309 e. The maximum atomic E-state index is 5.19. The summed E-state index contributed by atoms with van der Waals surface area (Å²) in [6, 6.07) is 59.6. The molecule has 4 nitrogen and oxygen atoms in total. The molecule has 234 valence electrons. The molecule has 3 heterocycles. The van der Waals surface area contributed by atoms with Gasteiger partial charge in [-0.05, 0) is 47.5 Å². The number of benzene rings is 7. The van der Waals surface area contributed by atoms with Gasteiger partial charge in [0.2, 0.25) is 0 Å². The summed E-state index contributed by atoms with van der Waals surface area (Å²) < 4.78 is 4.80. The molecular weight excluding hydrogens is 629 g/mol. The van der Waals surface area contributed by atoms with E-state index in [0.29, 0.717) is 17.5 Å². The van der Waals surface area contributed by atoms with Crippen molar-refractivity contribution < 1.29 is 0 Å². The van der Waals surface area contributed by atoms with Gasteiger partial charge in [-0.3, -0.25) is 0 Å². The SMILES string of the molecule is c1ccc(-c2cccc(-c3nc(-c4ccccc4)nc(-c4cccc5c4sc4cccc(-n6c7ccccc7c7ccccc76)c45)n3)c2)cc1. The minimum atomic E-state index is 0.649. The number of hydrogen-bond donors (Lipinski definition) is 0. The van der Waals surface area contributed by atoms with Gasteiger partial charge in [0.15, 0.2) is 17.5 Å². The Morgan fingerprint density at radius 1 is 0.400 bits per heavy atom. The molecule has 0 bridgehead atoms. The van der Waals surface area contributed by atoms with Crippen molar-refractivity contribution in [3.05, 3.63) is 170 Å². The fraction of sp³-hybridized carbons (Fsp3) is 0. The van der Waals surface area contributed by atoms with E-state index >= 15 is 0 Å². The minimum absolute atomic E-state index is 0.649. The Balaban J connectivity index is 1.21. The molecule has 0 aliphatic heterocycles. The largest absolute Gasteiger partial charge is 0.309 e. The van der Waals surface area contributed by atoms with Gasteiger partial charge in [-0.2, -0.15) is 0 Å². The maximum absolute atomic E-state index is 5.19. The summed E-state index contributed by atoms with van der Waals surface area (Å²) >= 11 is 1.79. The quantitative estimate of drug-likeness (QED) is 0.185. The van der Waals surface area contributed by atoms with Crippen LogP contribution in [0.1, 0.15) is 0 Å². The first-order valence-corrected chi connectivity index (χ1v) is 17.5. The molecule has 10 rings (SSSR count). The van der Waals surface area contributed by atoms with Gasteiger partial charge in [-0.25, -0.2) is 15.0 Å². The highest BCUT2D eigenvalue weighted by Crippen LogP contribution is 2.44. The molecule has 0 saturated carbocycles. The standard InChI is InChI=1S/C45H28N4S/c1-3-14-29(15-4-1)31-18-11-19-32(28-31)44-46-43(30-16-5-2-6-17-30)47-45(48-44)36-23-12-22-35-41-39(26-13-27-40(41)50-42(35)36)49-37-24-9-7-20-33(37)34-21-8-10-25-38(34)49/h1-28H. The van der Waals surface area contributed by atoms with Crippen molar-refractivity contribution in [1.29, 1.82) is 0 Å². The molecular formula is C45H28N4S. The average molecular weight is 657 g/mol. The Kier molecular flexibility index (Phi) is 6.64. The molecule has 0 unspecified atom stereocenters. The van der Waals surface area contributed by atoms with E-state index in [9.17, 15) is 0 Å². The van der Waals surface area contributed by atoms with Crippen LogP contribution in [0.3, 0.4) is 0 Å². The summed E-state index contributed by atoms with van der Waals surface area (Å²) in [5, 5.41) is 4.92. The number of aromatic nitrogens is 4. The van der Waals surface area contributed by atoms with Gasteiger partial charge >= 0.3 is 0 Å². The van der Waals surface area contributed by atoms with E-state index in [4.69, 9.17) is 15.0 Å². The third-order valence-electron chi connectivity index (χ3n) is 9.46. The fourth-order valence-corrected chi connectivity index (χ4v) is 8.42. The van der Waals surface area contributed by atoms with Crippen LogP contribution in [0.2, 0.25) is 0 Å². The monoisotopic (exact) mass is 656 g/mol. The Bertz CT molecular complexity index is 2820. The van der Waals surface area contributed by atoms with E-state index in [1.807, 2.05) is 24.3 Å². The normalized spacial score (nSPS) is 11.6. The topological polar surface area (TPSA) is 43.6 Å². The van der Waals surface area contributed by atoms with Crippen molar-refractivity contribution >= 4 is 53.3 Å². The van der Waals surface area contributed by atoms with Crippen LogP contribution in [0.25, 0.3) is 93.0 Å². The number of nitrogens with zero attached hydrogens (tertiary/aromatic N) is 4. The second-order valence-corrected chi connectivity index (χ2v) is 13.5. The highest BCUT2D eigenvalue weighted by Gasteiger charge is 2.20. The van der Waals surface area contributed by atoms with E-state index < -0.39 is 0 Å². The van der Waals surface area contributed by atoms with Crippen molar-refractivity contribution in [2.24, 2.45) is 0 Å². The molecule has 0 spiro atoms. The third kappa shape index (κ3) is 4.63. The van der Waals surface area contributed by atoms with Crippen molar-refractivity contribution in [3.8, 4) is 51.0 Å². The Morgan fingerprint density at radius 2 is 0.940 bits per heavy atom. The predicted octanol–water partition coefficient (Wildman–Crippen LogP) is 12.0. The molecule has 0 saturated heterocycles. The Morgan fingerprint density at radius 3 is 1.68 bits per heavy atom. The zero-order valence-corrected chi connectivity index (χ0v) is 27.7. The lowest BCUT2D eigenvalue weighted by molar-refractivity contribution is 1.08. The van der Waals surface area contributed by atoms with Crippen LogP contribution < -0.4 is 0 Å². The first-order valence-electron chi connectivity index (χ1n) is 16.7. The number of para-hydroxylation sites is 2. The second kappa shape index (κ2) is 11.6. The van der Waals surface area contributed by atoms with Crippen molar-refractivity contribution in [2.45, 2.75) is 0 Å². The summed E-state index contributed by atoms with van der Waals surface area (Å²) in [5.74, 6) is 1.96. The number of rotatable bonds is 5. The van der Waals surface area contributed by atoms with Crippen molar-refractivity contribution in [2.75, 3.05) is 0 Å². The van der Waals surface area contributed by atoms with E-state index in [1.165, 1.54) is 43.0 Å². The molecule has 10 aromatic rings. The lowest BCUT2D eigenvalue weighted by Gasteiger charge is -2.11. The molecule has 0 radical (unpaired) electrons. The Labute approximate surface area is 292 Å². The molecule has 0 aliphatic carbocycles. The van der Waals surface area contributed by atoms with E-state index in [2.05, 4.69) is 150 Å². The van der Waals surface area contributed by atoms with Gasteiger partial charge in [0.25, 0.3) is 0 Å². The first kappa shape index (κ1) is 28.6. The number of fused-ring (bicyclic) bond motifs is 6. The summed E-state index contributed by atoms with van der Waals surface area (Å²) in [4.78, 5) is 15.4. The summed E-state index contributed by atoms with van der Waals surface area (Å²) in [6.45, 7) is 0. The smallest absolute Gasteiger partial charge is 0.165 e. The molecule has 0 atom stereocenters. The predicted molar refractivity (Wildman–Crippen MR) is 209 cm³/mol. The molecule has 50 heavy (non-hydrogen) atoms. The van der Waals surface area contributed by atoms with Crippen LogP contribution in [0, 0.1) is 0 Å². The maximum Gasteiger partial charge on any atom is 0.165 e. The van der Waals surface area contributed by atoms with Crippen LogP contribution in [0.4, 0.5) is 0 Å². The molecule has 7 aromatic carbocycles. The second-order valence-electron chi connectivity index (χ2n) is 12.4. The molecule has 3 aromatic heterocycles. The zero-order chi connectivity index (χ0) is 33.0. The van der Waals surface area contributed by atoms with E-state index in [0.717, 1.165) is 32.5 Å². The first-order chi connectivity index (χ1) is 24.8. The highest BCUT2D eigenvalue weighted by atomic mass is 32.1. The lowest BCUT2D eigenvalue weighted by Crippen LogP contribution is -2.00. The van der Waals surface area contributed by atoms with Crippen LogP contribution >= 0.6 is 11.3 Å². The third-order valence-corrected chi connectivity index (χ3v) is 10.7. The average Bonchev–Trinajstić information content (AvgIpc) is 3.75. The number of hydrogen-bond acceptors (Lipinski definition) is 4. The summed E-state index contributed by atoms with van der Waals surface area (Å²) in [7, 11) is 0. The van der Waals surface area contributed by atoms with Crippen LogP contribution in [0.15, 0.2) is 170 Å². The molecule has 0 aliphatic rings. The number of thiophene rings is 1. The fourth-order valence-electron chi connectivity index (χ4n) is 7.18. The van der Waals surface area contributed by atoms with Gasteiger partial charge in [0.1, 0.15) is 0 Å². The highest BCUT2D eigenvalue weighted by molar-refractivity contribution is 7.26. The van der Waals surface area contributed by atoms with E-state index in [-0.39, 0.29) is 0 Å². The summed E-state index contributed by atoms with van der Waals surface area (Å²) in [5.41, 5.74) is 8.74. The van der Waals surface area contributed by atoms with Crippen molar-refractivity contribution in [3.63, 3.8) is 0 Å². The molecule has 0 fully saturated rings. The van der Waals surface area contributed by atoms with Crippen LogP contribution in [-0.2, 0) is 0 Å². The van der Waals surface area contributed by atoms with E-state index in [1.54, 1.807) is 11.3 Å². The van der Waals surface area contributed by atoms with Gasteiger partial charge in [0.05, 0.1) is 16.7 Å². The molecule has 5 heteroatoms. The molecule has 0 amide bonds. The molecule has 0 N–H and O–H groups in total. The van der Waals surface area contributed by atoms with Gasteiger partial charge in [-0.15, -0.1) is 11.3 Å². The van der Waals surface area contributed by atoms with Crippen LogP contribution in [-0.4, -0.2) is 19.5 Å². The lowest BCUT2D eigenvalue weighted by atomic mass is 10.0. The van der Waals surface area contributed by atoms with Gasteiger partial charge < -0.3 is 4.57 Å². The summed E-state index contributed by atoms with van der Waals surface area (Å²) in [6.07, 6.45) is 0. The zero-order valence-electron chi connectivity index (χ0n) is 26.9. The van der Waals surface area contributed by atoms with Crippen LogP contribution in [0.5, 0.6) is 0 Å². The van der Waals surface area contributed by atoms with Gasteiger partial charge in [0, 0.05) is 47.6 Å². The van der Waals surface area contributed by atoms with Crippen molar-refractivity contribution in [1.82, 2.24) is 19.5 Å².